The third-order valence-electron chi connectivity index (χ3n) is 4.38. The van der Waals surface area contributed by atoms with Crippen LogP contribution in [-0.2, 0) is 20.7 Å². The number of nitrogens with two attached hydrogens (primary N) is 1. The van der Waals surface area contributed by atoms with Crippen LogP contribution in [0.3, 0.4) is 0 Å². The summed E-state index contributed by atoms with van der Waals surface area (Å²) in [7, 11) is 1.53. The number of ether oxygens (including phenoxy) is 2. The van der Waals surface area contributed by atoms with E-state index in [-0.39, 0.29) is 31.0 Å². The number of carbonyl (C=O) groups excluding carboxylic acids is 1. The van der Waals surface area contributed by atoms with Crippen molar-refractivity contribution in [3.05, 3.63) is 28.6 Å². The summed E-state index contributed by atoms with van der Waals surface area (Å²) in [6.07, 6.45) is 0.563. The molecule has 1 saturated heterocycles. The normalized spacial score (nSPS) is 21.3. The lowest BCUT2D eigenvalue weighted by molar-refractivity contribution is -0.120. The summed E-state index contributed by atoms with van der Waals surface area (Å²) in [4.78, 5) is 23.7. The van der Waals surface area contributed by atoms with Gasteiger partial charge < -0.3 is 20.1 Å². The standard InChI is InChI=1S/C19H26N4O3S/c1-12-8-23(9-13(2)26-12)18-6-4-5-15(21-18)16-11-27-19(22-16)7-17(24)14(20)10-25-3/h4-6,11-14H,7-10,20H2,1-3H3/t12-,13+,14-/m0/s1. The Kier molecular flexibility index (Phi) is 6.54. The molecule has 2 aromatic rings. The molecule has 3 atom stereocenters. The van der Waals surface area contributed by atoms with Gasteiger partial charge in [0.25, 0.3) is 0 Å². The van der Waals surface area contributed by atoms with Crippen molar-refractivity contribution in [1.82, 2.24) is 9.97 Å². The van der Waals surface area contributed by atoms with Crippen LogP contribution in [0.25, 0.3) is 11.4 Å². The van der Waals surface area contributed by atoms with E-state index >= 15 is 0 Å². The van der Waals surface area contributed by atoms with E-state index in [1.165, 1.54) is 18.4 Å². The van der Waals surface area contributed by atoms with Crippen molar-refractivity contribution >= 4 is 22.9 Å². The summed E-state index contributed by atoms with van der Waals surface area (Å²) >= 11 is 1.45. The zero-order chi connectivity index (χ0) is 19.4. The predicted octanol–water partition coefficient (Wildman–Crippen LogP) is 1.90. The molecule has 0 radical (unpaired) electrons. The Bertz CT molecular complexity index is 772. The fraction of sp³-hybridized carbons (Fsp3) is 0.526. The van der Waals surface area contributed by atoms with Crippen molar-refractivity contribution in [2.24, 2.45) is 5.73 Å². The molecule has 0 unspecified atom stereocenters. The smallest absolute Gasteiger partial charge is 0.158 e. The van der Waals surface area contributed by atoms with Crippen LogP contribution in [0, 0.1) is 0 Å². The SMILES string of the molecule is COC[C@H](N)C(=O)Cc1nc(-c2cccc(N3C[C@@H](C)O[C@@H](C)C3)n2)cs1. The van der Waals surface area contributed by atoms with Crippen LogP contribution in [0.4, 0.5) is 5.82 Å². The van der Waals surface area contributed by atoms with Crippen LogP contribution >= 0.6 is 11.3 Å². The molecule has 0 saturated carbocycles. The van der Waals surface area contributed by atoms with Gasteiger partial charge in [-0.3, -0.25) is 4.79 Å². The first-order chi connectivity index (χ1) is 13.0. The minimum absolute atomic E-state index is 0.0734. The molecular weight excluding hydrogens is 364 g/mol. The number of ketones is 1. The second kappa shape index (κ2) is 8.88. The molecule has 146 valence electrons. The molecule has 0 aliphatic carbocycles. The second-order valence-corrected chi connectivity index (χ2v) is 7.82. The third kappa shape index (κ3) is 5.10. The molecule has 1 fully saturated rings. The first-order valence-corrected chi connectivity index (χ1v) is 9.93. The predicted molar refractivity (Wildman–Crippen MR) is 106 cm³/mol. The van der Waals surface area contributed by atoms with Crippen molar-refractivity contribution in [1.29, 1.82) is 0 Å². The van der Waals surface area contributed by atoms with Crippen LogP contribution in [0.1, 0.15) is 18.9 Å². The van der Waals surface area contributed by atoms with Gasteiger partial charge in [-0.2, -0.15) is 0 Å². The van der Waals surface area contributed by atoms with Gasteiger partial charge in [-0.1, -0.05) is 6.07 Å². The highest BCUT2D eigenvalue weighted by molar-refractivity contribution is 7.10. The molecule has 1 aliphatic rings. The molecule has 0 amide bonds. The Hall–Kier alpha value is -1.87. The Morgan fingerprint density at radius 1 is 1.33 bits per heavy atom. The summed E-state index contributed by atoms with van der Waals surface area (Å²) in [5, 5.41) is 2.67. The zero-order valence-corrected chi connectivity index (χ0v) is 16.7. The molecular formula is C19H26N4O3S. The van der Waals surface area contributed by atoms with E-state index in [1.807, 2.05) is 23.6 Å². The molecule has 8 heteroatoms. The van der Waals surface area contributed by atoms with Crippen molar-refractivity contribution < 1.29 is 14.3 Å². The Morgan fingerprint density at radius 2 is 2.07 bits per heavy atom. The summed E-state index contributed by atoms with van der Waals surface area (Å²) in [5.41, 5.74) is 7.37. The summed E-state index contributed by atoms with van der Waals surface area (Å²) in [6.45, 7) is 6.00. The molecule has 2 aromatic heterocycles. The van der Waals surface area contributed by atoms with E-state index in [1.54, 1.807) is 0 Å². The zero-order valence-electron chi connectivity index (χ0n) is 15.9. The number of rotatable bonds is 7. The third-order valence-corrected chi connectivity index (χ3v) is 5.23. The van der Waals surface area contributed by atoms with Gasteiger partial charge in [-0.15, -0.1) is 11.3 Å². The van der Waals surface area contributed by atoms with E-state index in [9.17, 15) is 4.79 Å². The van der Waals surface area contributed by atoms with Crippen molar-refractivity contribution in [3.8, 4) is 11.4 Å². The number of pyridine rings is 1. The lowest BCUT2D eigenvalue weighted by atomic mass is 10.1. The second-order valence-electron chi connectivity index (χ2n) is 6.87. The molecule has 2 N–H and O–H groups in total. The van der Waals surface area contributed by atoms with Crippen molar-refractivity contribution in [2.75, 3.05) is 31.7 Å². The van der Waals surface area contributed by atoms with Gasteiger partial charge in [0.05, 0.1) is 42.7 Å². The molecule has 1 aliphatic heterocycles. The van der Waals surface area contributed by atoms with E-state index in [0.29, 0.717) is 0 Å². The number of thiazole rings is 1. The fourth-order valence-electron chi connectivity index (χ4n) is 3.17. The highest BCUT2D eigenvalue weighted by Crippen LogP contribution is 2.25. The average Bonchev–Trinajstić information content (AvgIpc) is 3.10. The quantitative estimate of drug-likeness (QED) is 0.772. The van der Waals surface area contributed by atoms with Gasteiger partial charge >= 0.3 is 0 Å². The van der Waals surface area contributed by atoms with Crippen LogP contribution in [0.5, 0.6) is 0 Å². The van der Waals surface area contributed by atoms with Gasteiger partial charge in [0.1, 0.15) is 10.8 Å². The van der Waals surface area contributed by atoms with Gasteiger partial charge in [-0.05, 0) is 26.0 Å². The van der Waals surface area contributed by atoms with E-state index in [2.05, 4.69) is 23.7 Å². The van der Waals surface area contributed by atoms with Crippen LogP contribution in [-0.4, -0.2) is 60.8 Å². The topological polar surface area (TPSA) is 90.6 Å². The van der Waals surface area contributed by atoms with Gasteiger partial charge in [0.2, 0.25) is 0 Å². The number of carbonyl (C=O) groups is 1. The minimum atomic E-state index is -0.617. The van der Waals surface area contributed by atoms with E-state index < -0.39 is 6.04 Å². The van der Waals surface area contributed by atoms with Crippen LogP contribution in [0.2, 0.25) is 0 Å². The number of aromatic nitrogens is 2. The number of hydrogen-bond donors (Lipinski definition) is 1. The first kappa shape index (κ1) is 19.9. The number of Topliss-reactive ketones (excluding diaryl/α,β-unsaturated/α-hetero) is 1. The lowest BCUT2D eigenvalue weighted by Gasteiger charge is -2.36. The van der Waals surface area contributed by atoms with Crippen molar-refractivity contribution in [2.45, 2.75) is 38.5 Å². The maximum absolute atomic E-state index is 12.1. The number of hydrogen-bond acceptors (Lipinski definition) is 8. The van der Waals surface area contributed by atoms with Gasteiger partial charge in [0.15, 0.2) is 5.78 Å². The number of nitrogens with zero attached hydrogens (tertiary/aromatic N) is 3. The molecule has 0 bridgehead atoms. The maximum Gasteiger partial charge on any atom is 0.158 e. The maximum atomic E-state index is 12.1. The monoisotopic (exact) mass is 390 g/mol. The Labute approximate surface area is 163 Å². The van der Waals surface area contributed by atoms with E-state index in [0.717, 1.165) is 35.3 Å². The van der Waals surface area contributed by atoms with Crippen LogP contribution in [0.15, 0.2) is 23.6 Å². The summed E-state index contributed by atoms with van der Waals surface area (Å²) < 4.78 is 10.7. The van der Waals surface area contributed by atoms with Crippen LogP contribution < -0.4 is 10.6 Å². The Morgan fingerprint density at radius 3 is 2.78 bits per heavy atom. The Balaban J connectivity index is 1.72. The molecule has 27 heavy (non-hydrogen) atoms. The molecule has 0 aromatic carbocycles. The largest absolute Gasteiger partial charge is 0.383 e. The lowest BCUT2D eigenvalue weighted by Crippen LogP contribution is -2.45. The summed E-state index contributed by atoms with van der Waals surface area (Å²) in [6, 6.07) is 5.32. The minimum Gasteiger partial charge on any atom is -0.383 e. The van der Waals surface area contributed by atoms with E-state index in [4.69, 9.17) is 20.2 Å². The number of anilines is 1. The number of morpholine rings is 1. The molecule has 0 spiro atoms. The number of methoxy groups -OCH3 is 1. The highest BCUT2D eigenvalue weighted by atomic mass is 32.1. The molecule has 7 nitrogen and oxygen atoms in total. The average molecular weight is 391 g/mol. The van der Waals surface area contributed by atoms with Gasteiger partial charge in [0, 0.05) is 25.6 Å². The fourth-order valence-corrected chi connectivity index (χ4v) is 3.97. The summed E-state index contributed by atoms with van der Waals surface area (Å²) in [5.74, 6) is 0.845. The first-order valence-electron chi connectivity index (χ1n) is 9.05. The molecule has 3 heterocycles. The van der Waals surface area contributed by atoms with Gasteiger partial charge in [-0.25, -0.2) is 9.97 Å². The molecule has 3 rings (SSSR count). The highest BCUT2D eigenvalue weighted by Gasteiger charge is 2.23. The van der Waals surface area contributed by atoms with Crippen molar-refractivity contribution in [3.63, 3.8) is 0 Å².